The number of carbonyl (C=O) groups is 1. The van der Waals surface area contributed by atoms with Crippen LogP contribution in [0.5, 0.6) is 0 Å². The average molecular weight is 221 g/mol. The fourth-order valence-corrected chi connectivity index (χ4v) is 1.06. The summed E-state index contributed by atoms with van der Waals surface area (Å²) in [5.41, 5.74) is 0.127. The van der Waals surface area contributed by atoms with Gasteiger partial charge in [0.1, 0.15) is 5.69 Å². The van der Waals surface area contributed by atoms with Gasteiger partial charge in [0.05, 0.1) is 13.0 Å². The largest absolute Gasteiger partial charge is 0.390 e. The van der Waals surface area contributed by atoms with E-state index in [9.17, 15) is 18.0 Å². The highest BCUT2D eigenvalue weighted by molar-refractivity contribution is 5.92. The van der Waals surface area contributed by atoms with Crippen LogP contribution >= 0.6 is 0 Å². The number of nitrogens with one attached hydrogen (secondary N) is 1. The molecule has 0 aliphatic carbocycles. The Hall–Kier alpha value is -1.53. The minimum absolute atomic E-state index is 0.127. The maximum Gasteiger partial charge on any atom is 0.390 e. The molecule has 15 heavy (non-hydrogen) atoms. The second-order valence-corrected chi connectivity index (χ2v) is 2.88. The van der Waals surface area contributed by atoms with Crippen LogP contribution in [0.2, 0.25) is 0 Å². The Balaban J connectivity index is 2.70. The minimum Gasteiger partial charge on any atom is -0.354 e. The van der Waals surface area contributed by atoms with E-state index in [1.54, 1.807) is 0 Å². The number of amides is 1. The van der Waals surface area contributed by atoms with Crippen molar-refractivity contribution in [1.29, 1.82) is 0 Å². The van der Waals surface area contributed by atoms with E-state index < -0.39 is 18.5 Å². The lowest BCUT2D eigenvalue weighted by Gasteiger charge is -2.08. The lowest BCUT2D eigenvalue weighted by molar-refractivity contribution is -0.137. The third kappa shape index (κ3) is 3.26. The summed E-state index contributed by atoms with van der Waals surface area (Å²) < 4.78 is 36.8. The van der Waals surface area contributed by atoms with Crippen molar-refractivity contribution in [2.75, 3.05) is 7.05 Å². The molecule has 0 unspecified atom stereocenters. The van der Waals surface area contributed by atoms with Crippen molar-refractivity contribution in [2.45, 2.75) is 19.1 Å². The first kappa shape index (κ1) is 11.5. The zero-order valence-corrected chi connectivity index (χ0v) is 8.01. The molecule has 0 saturated carbocycles. The van der Waals surface area contributed by atoms with E-state index in [0.717, 1.165) is 4.68 Å². The van der Waals surface area contributed by atoms with E-state index in [0.29, 0.717) is 0 Å². The number of aromatic nitrogens is 2. The van der Waals surface area contributed by atoms with Crippen molar-refractivity contribution in [2.24, 2.45) is 0 Å². The molecular formula is C8H10F3N3O. The molecule has 0 aliphatic heterocycles. The van der Waals surface area contributed by atoms with Gasteiger partial charge in [0.15, 0.2) is 0 Å². The molecule has 0 saturated heterocycles. The molecule has 0 atom stereocenters. The summed E-state index contributed by atoms with van der Waals surface area (Å²) >= 11 is 0. The number of rotatable bonds is 3. The van der Waals surface area contributed by atoms with Crippen molar-refractivity contribution in [3.63, 3.8) is 0 Å². The lowest BCUT2D eigenvalue weighted by Crippen LogP contribution is -2.23. The molecule has 4 nitrogen and oxygen atoms in total. The summed E-state index contributed by atoms with van der Waals surface area (Å²) in [7, 11) is 1.41. The maximum atomic E-state index is 11.9. The number of hydrogen-bond donors (Lipinski definition) is 1. The monoisotopic (exact) mass is 221 g/mol. The number of nitrogens with zero attached hydrogens (tertiary/aromatic N) is 2. The Bertz CT molecular complexity index is 345. The molecule has 0 spiro atoms. The summed E-state index contributed by atoms with van der Waals surface area (Å²) in [5.74, 6) is -0.449. The van der Waals surface area contributed by atoms with Gasteiger partial charge in [-0.3, -0.25) is 9.48 Å². The molecule has 0 radical (unpaired) electrons. The van der Waals surface area contributed by atoms with Gasteiger partial charge in [-0.1, -0.05) is 0 Å². The lowest BCUT2D eigenvalue weighted by atomic mass is 10.3. The third-order valence-corrected chi connectivity index (χ3v) is 1.78. The number of aryl methyl sites for hydroxylation is 1. The molecule has 7 heteroatoms. The molecule has 1 heterocycles. The van der Waals surface area contributed by atoms with Crippen molar-refractivity contribution < 1.29 is 18.0 Å². The van der Waals surface area contributed by atoms with Crippen LogP contribution in [0, 0.1) is 0 Å². The van der Waals surface area contributed by atoms with Crippen molar-refractivity contribution in [3.05, 3.63) is 18.0 Å². The Labute approximate surface area is 84.1 Å². The van der Waals surface area contributed by atoms with Gasteiger partial charge < -0.3 is 5.32 Å². The number of carbonyl (C=O) groups excluding carboxylic acids is 1. The summed E-state index contributed by atoms with van der Waals surface area (Å²) in [6.45, 7) is -0.348. The number of hydrogen-bond acceptors (Lipinski definition) is 2. The molecule has 0 fully saturated rings. The molecular weight excluding hydrogens is 211 g/mol. The van der Waals surface area contributed by atoms with Crippen LogP contribution in [-0.4, -0.2) is 28.9 Å². The van der Waals surface area contributed by atoms with Crippen LogP contribution in [0.25, 0.3) is 0 Å². The van der Waals surface area contributed by atoms with E-state index >= 15 is 0 Å². The van der Waals surface area contributed by atoms with Gasteiger partial charge in [-0.25, -0.2) is 0 Å². The second kappa shape index (κ2) is 4.33. The summed E-state index contributed by atoms with van der Waals surface area (Å²) in [5, 5.41) is 5.97. The van der Waals surface area contributed by atoms with E-state index in [-0.39, 0.29) is 12.2 Å². The Kier molecular flexibility index (Phi) is 3.33. The van der Waals surface area contributed by atoms with Gasteiger partial charge in [0.25, 0.3) is 5.91 Å². The fraction of sp³-hybridized carbons (Fsp3) is 0.500. The van der Waals surface area contributed by atoms with Crippen molar-refractivity contribution in [3.8, 4) is 0 Å². The van der Waals surface area contributed by atoms with Crippen molar-refractivity contribution >= 4 is 5.91 Å². The Morgan fingerprint density at radius 1 is 1.60 bits per heavy atom. The SMILES string of the molecule is CNC(=O)c1ccnn1CCC(F)(F)F. The third-order valence-electron chi connectivity index (χ3n) is 1.78. The zero-order valence-electron chi connectivity index (χ0n) is 8.01. The number of alkyl halides is 3. The fourth-order valence-electron chi connectivity index (χ4n) is 1.06. The van der Waals surface area contributed by atoms with Gasteiger partial charge in [-0.2, -0.15) is 18.3 Å². The molecule has 1 N–H and O–H groups in total. The molecule has 1 amide bonds. The van der Waals surface area contributed by atoms with Gasteiger partial charge in [0.2, 0.25) is 0 Å². The van der Waals surface area contributed by atoms with Gasteiger partial charge in [0, 0.05) is 13.2 Å². The first-order valence-corrected chi connectivity index (χ1v) is 4.24. The van der Waals surface area contributed by atoms with Crippen LogP contribution in [-0.2, 0) is 6.54 Å². The molecule has 0 aliphatic rings. The zero-order chi connectivity index (χ0) is 11.5. The van der Waals surface area contributed by atoms with Crippen LogP contribution < -0.4 is 5.32 Å². The average Bonchev–Trinajstić information content (AvgIpc) is 2.60. The first-order valence-electron chi connectivity index (χ1n) is 4.24. The maximum absolute atomic E-state index is 11.9. The van der Waals surface area contributed by atoms with E-state index in [4.69, 9.17) is 0 Å². The predicted molar refractivity (Wildman–Crippen MR) is 46.3 cm³/mol. The number of halogens is 3. The van der Waals surface area contributed by atoms with Crippen LogP contribution in [0.4, 0.5) is 13.2 Å². The smallest absolute Gasteiger partial charge is 0.354 e. The van der Waals surface area contributed by atoms with Crippen LogP contribution in [0.3, 0.4) is 0 Å². The molecule has 0 bridgehead atoms. The van der Waals surface area contributed by atoms with Gasteiger partial charge in [-0.05, 0) is 6.07 Å². The normalized spacial score (nSPS) is 11.5. The highest BCUT2D eigenvalue weighted by atomic mass is 19.4. The van der Waals surface area contributed by atoms with E-state index in [2.05, 4.69) is 10.4 Å². The van der Waals surface area contributed by atoms with Crippen molar-refractivity contribution in [1.82, 2.24) is 15.1 Å². The predicted octanol–water partition coefficient (Wildman–Crippen LogP) is 1.20. The topological polar surface area (TPSA) is 46.9 Å². The summed E-state index contributed by atoms with van der Waals surface area (Å²) in [4.78, 5) is 11.2. The van der Waals surface area contributed by atoms with Gasteiger partial charge >= 0.3 is 6.18 Å². The first-order chi connectivity index (χ1) is 6.94. The van der Waals surface area contributed by atoms with E-state index in [1.807, 2.05) is 0 Å². The quantitative estimate of drug-likeness (QED) is 0.833. The molecule has 84 valence electrons. The van der Waals surface area contributed by atoms with Crippen LogP contribution in [0.15, 0.2) is 12.3 Å². The van der Waals surface area contributed by atoms with E-state index in [1.165, 1.54) is 19.3 Å². The standard InChI is InChI=1S/C8H10F3N3O/c1-12-7(15)6-2-4-13-14(6)5-3-8(9,10)11/h2,4H,3,5H2,1H3,(H,12,15). The minimum atomic E-state index is -4.24. The molecule has 1 aromatic rings. The van der Waals surface area contributed by atoms with Gasteiger partial charge in [-0.15, -0.1) is 0 Å². The highest BCUT2D eigenvalue weighted by Gasteiger charge is 2.27. The highest BCUT2D eigenvalue weighted by Crippen LogP contribution is 2.20. The second-order valence-electron chi connectivity index (χ2n) is 2.88. The molecule has 0 aromatic carbocycles. The summed E-state index contributed by atoms with van der Waals surface area (Å²) in [6, 6.07) is 1.37. The Morgan fingerprint density at radius 2 is 2.27 bits per heavy atom. The summed E-state index contributed by atoms with van der Waals surface area (Å²) in [6.07, 6.45) is -3.95. The molecule has 1 rings (SSSR count). The van der Waals surface area contributed by atoms with Crippen LogP contribution in [0.1, 0.15) is 16.9 Å². The Morgan fingerprint density at radius 3 is 2.80 bits per heavy atom. The molecule has 1 aromatic heterocycles.